The molecule has 0 N–H and O–H groups in total. The molecule has 0 bridgehead atoms. The third kappa shape index (κ3) is 4.21. The molecule has 4 aromatic rings. The van der Waals surface area contributed by atoms with Gasteiger partial charge in [-0.05, 0) is 19.1 Å². The molecule has 2 heterocycles. The highest BCUT2D eigenvalue weighted by Gasteiger charge is 2.17. The van der Waals surface area contributed by atoms with Crippen molar-refractivity contribution in [3.8, 4) is 11.3 Å². The maximum Gasteiger partial charge on any atom is 0.367 e. The van der Waals surface area contributed by atoms with Gasteiger partial charge in [0.2, 0.25) is 5.01 Å². The third-order valence-electron chi connectivity index (χ3n) is 4.36. The number of pyridine rings is 1. The molecular weight excluding hydrogens is 400 g/mol. The number of carbonyl (C=O) groups excluding carboxylic acids is 2. The normalized spacial score (nSPS) is 10.7. The van der Waals surface area contributed by atoms with Crippen molar-refractivity contribution in [2.75, 3.05) is 6.61 Å². The van der Waals surface area contributed by atoms with E-state index in [2.05, 4.69) is 9.97 Å². The maximum atomic E-state index is 12.9. The molecule has 0 aliphatic rings. The first-order chi connectivity index (χ1) is 14.7. The van der Waals surface area contributed by atoms with E-state index in [1.807, 2.05) is 54.6 Å². The van der Waals surface area contributed by atoms with Gasteiger partial charge >= 0.3 is 11.9 Å². The van der Waals surface area contributed by atoms with E-state index in [1.54, 1.807) is 18.4 Å². The second-order valence-electron chi connectivity index (χ2n) is 6.38. The lowest BCUT2D eigenvalue weighted by atomic mass is 10.0. The number of aromatic nitrogens is 2. The van der Waals surface area contributed by atoms with Crippen molar-refractivity contribution in [3.63, 3.8) is 0 Å². The molecule has 0 atom stereocenters. The van der Waals surface area contributed by atoms with Crippen LogP contribution in [0.5, 0.6) is 0 Å². The maximum absolute atomic E-state index is 12.9. The number of ether oxygens (including phenoxy) is 2. The molecule has 0 aliphatic carbocycles. The Morgan fingerprint density at radius 3 is 2.50 bits per heavy atom. The van der Waals surface area contributed by atoms with Gasteiger partial charge in [-0.1, -0.05) is 48.5 Å². The van der Waals surface area contributed by atoms with Crippen LogP contribution >= 0.6 is 11.3 Å². The molecule has 150 valence electrons. The fourth-order valence-corrected chi connectivity index (χ4v) is 3.67. The Morgan fingerprint density at radius 1 is 0.933 bits per heavy atom. The first kappa shape index (κ1) is 19.7. The zero-order valence-electron chi connectivity index (χ0n) is 16.2. The molecule has 0 unspecified atom stereocenters. The van der Waals surface area contributed by atoms with Crippen molar-refractivity contribution in [1.29, 1.82) is 0 Å². The number of hydrogen-bond donors (Lipinski definition) is 0. The molecule has 2 aromatic carbocycles. The van der Waals surface area contributed by atoms with Crippen molar-refractivity contribution in [2.24, 2.45) is 0 Å². The minimum atomic E-state index is -0.479. The SMILES string of the molecule is CCOC(=O)c1nc(COC(=O)c2cc(-c3ccccc3)nc3ccccc23)cs1. The molecule has 0 spiro atoms. The Morgan fingerprint density at radius 2 is 1.70 bits per heavy atom. The van der Waals surface area contributed by atoms with Gasteiger partial charge in [0, 0.05) is 16.3 Å². The number of benzene rings is 2. The Hall–Kier alpha value is -3.58. The fraction of sp³-hybridized carbons (Fsp3) is 0.130. The molecule has 30 heavy (non-hydrogen) atoms. The number of esters is 2. The number of nitrogens with zero attached hydrogens (tertiary/aromatic N) is 2. The van der Waals surface area contributed by atoms with Crippen LogP contribution in [-0.4, -0.2) is 28.5 Å². The lowest BCUT2D eigenvalue weighted by Gasteiger charge is -2.09. The van der Waals surface area contributed by atoms with E-state index >= 15 is 0 Å². The zero-order valence-corrected chi connectivity index (χ0v) is 17.0. The van der Waals surface area contributed by atoms with E-state index in [9.17, 15) is 9.59 Å². The first-order valence-corrected chi connectivity index (χ1v) is 10.3. The standard InChI is InChI=1S/C23H18N2O4S/c1-2-28-23(27)21-24-16(14-30-21)13-29-22(26)18-12-20(15-8-4-3-5-9-15)25-19-11-7-6-10-17(18)19/h3-12,14H,2,13H2,1H3. The van der Waals surface area contributed by atoms with E-state index in [0.717, 1.165) is 16.9 Å². The van der Waals surface area contributed by atoms with Crippen molar-refractivity contribution in [2.45, 2.75) is 13.5 Å². The first-order valence-electron chi connectivity index (χ1n) is 9.39. The van der Waals surface area contributed by atoms with Gasteiger partial charge in [0.15, 0.2) is 0 Å². The molecule has 0 aliphatic heterocycles. The van der Waals surface area contributed by atoms with Gasteiger partial charge in [-0.2, -0.15) is 0 Å². The Bertz CT molecular complexity index is 1200. The summed E-state index contributed by atoms with van der Waals surface area (Å²) in [6, 6.07) is 18.8. The van der Waals surface area contributed by atoms with E-state index in [-0.39, 0.29) is 18.2 Å². The topological polar surface area (TPSA) is 78.4 Å². The second kappa shape index (κ2) is 8.84. The van der Waals surface area contributed by atoms with E-state index in [1.165, 1.54) is 0 Å². The second-order valence-corrected chi connectivity index (χ2v) is 7.24. The summed E-state index contributed by atoms with van der Waals surface area (Å²) in [4.78, 5) is 33.5. The van der Waals surface area contributed by atoms with Crippen molar-refractivity contribution < 1.29 is 19.1 Å². The van der Waals surface area contributed by atoms with Crippen molar-refractivity contribution in [1.82, 2.24) is 9.97 Å². The molecular formula is C23H18N2O4S. The zero-order chi connectivity index (χ0) is 20.9. The molecule has 0 radical (unpaired) electrons. The van der Waals surface area contributed by atoms with Crippen LogP contribution in [0.25, 0.3) is 22.2 Å². The van der Waals surface area contributed by atoms with E-state index in [0.29, 0.717) is 27.9 Å². The van der Waals surface area contributed by atoms with Crippen LogP contribution < -0.4 is 0 Å². The van der Waals surface area contributed by atoms with Gasteiger partial charge in [-0.3, -0.25) is 0 Å². The van der Waals surface area contributed by atoms with Crippen LogP contribution in [0.2, 0.25) is 0 Å². The highest BCUT2D eigenvalue weighted by molar-refractivity contribution is 7.11. The number of carbonyl (C=O) groups is 2. The van der Waals surface area contributed by atoms with E-state index < -0.39 is 11.9 Å². The summed E-state index contributed by atoms with van der Waals surface area (Å²) < 4.78 is 10.4. The highest BCUT2D eigenvalue weighted by atomic mass is 32.1. The largest absolute Gasteiger partial charge is 0.461 e. The van der Waals surface area contributed by atoms with Crippen LogP contribution in [-0.2, 0) is 16.1 Å². The lowest BCUT2D eigenvalue weighted by Crippen LogP contribution is -2.08. The predicted octanol–water partition coefficient (Wildman–Crippen LogP) is 4.89. The molecule has 4 rings (SSSR count). The fourth-order valence-electron chi connectivity index (χ4n) is 2.98. The smallest absolute Gasteiger partial charge is 0.367 e. The van der Waals surface area contributed by atoms with Crippen LogP contribution in [0.3, 0.4) is 0 Å². The van der Waals surface area contributed by atoms with Gasteiger partial charge in [-0.15, -0.1) is 11.3 Å². The van der Waals surface area contributed by atoms with Gasteiger partial charge in [0.1, 0.15) is 6.61 Å². The Labute approximate surface area is 177 Å². The van der Waals surface area contributed by atoms with Crippen LogP contribution in [0.15, 0.2) is 66.0 Å². The number of para-hydroxylation sites is 1. The van der Waals surface area contributed by atoms with Gasteiger partial charge in [0.25, 0.3) is 0 Å². The summed E-state index contributed by atoms with van der Waals surface area (Å²) >= 11 is 1.16. The molecule has 2 aromatic heterocycles. The Balaban J connectivity index is 1.59. The quantitative estimate of drug-likeness (QED) is 0.415. The van der Waals surface area contributed by atoms with Crippen LogP contribution in [0.4, 0.5) is 0 Å². The summed E-state index contributed by atoms with van der Waals surface area (Å²) in [7, 11) is 0. The van der Waals surface area contributed by atoms with Crippen molar-refractivity contribution >= 4 is 34.2 Å². The predicted molar refractivity (Wildman–Crippen MR) is 114 cm³/mol. The summed E-state index contributed by atoms with van der Waals surface area (Å²) in [6.45, 7) is 1.98. The molecule has 0 saturated carbocycles. The molecule has 0 fully saturated rings. The number of hydrogen-bond acceptors (Lipinski definition) is 7. The number of fused-ring (bicyclic) bond motifs is 1. The van der Waals surface area contributed by atoms with Crippen LogP contribution in [0, 0.1) is 0 Å². The van der Waals surface area contributed by atoms with Gasteiger partial charge < -0.3 is 9.47 Å². The average Bonchev–Trinajstić information content (AvgIpc) is 3.27. The third-order valence-corrected chi connectivity index (χ3v) is 5.23. The average molecular weight is 418 g/mol. The lowest BCUT2D eigenvalue weighted by molar-refractivity contribution is 0.0470. The highest BCUT2D eigenvalue weighted by Crippen LogP contribution is 2.25. The van der Waals surface area contributed by atoms with Crippen molar-refractivity contribution in [3.05, 3.63) is 82.3 Å². The summed E-state index contributed by atoms with van der Waals surface area (Å²) in [6.07, 6.45) is 0. The number of rotatable bonds is 6. The van der Waals surface area contributed by atoms with E-state index in [4.69, 9.17) is 9.47 Å². The minimum Gasteiger partial charge on any atom is -0.461 e. The molecule has 0 amide bonds. The van der Waals surface area contributed by atoms with Gasteiger partial charge in [0.05, 0.1) is 29.1 Å². The summed E-state index contributed by atoms with van der Waals surface area (Å²) in [5.41, 5.74) is 3.25. The minimum absolute atomic E-state index is 0.0357. The summed E-state index contributed by atoms with van der Waals surface area (Å²) in [5.74, 6) is -0.954. The Kier molecular flexibility index (Phi) is 5.81. The molecule has 0 saturated heterocycles. The monoisotopic (exact) mass is 418 g/mol. The van der Waals surface area contributed by atoms with Crippen LogP contribution in [0.1, 0.15) is 32.8 Å². The summed E-state index contributed by atoms with van der Waals surface area (Å²) in [5, 5.41) is 2.64. The molecule has 7 heteroatoms. The van der Waals surface area contributed by atoms with Gasteiger partial charge in [-0.25, -0.2) is 19.6 Å². The molecule has 6 nitrogen and oxygen atoms in total. The number of thiazole rings is 1.